The minimum absolute atomic E-state index is 0. The monoisotopic (exact) mass is 371 g/mol. The molecule has 1 N–H and O–H groups in total. The lowest BCUT2D eigenvalue weighted by Crippen LogP contribution is -2.35. The Labute approximate surface area is 159 Å². The second-order valence-electron chi connectivity index (χ2n) is 6.60. The third-order valence-electron chi connectivity index (χ3n) is 5.41. The maximum Gasteiger partial charge on any atom is 0.188 e. The van der Waals surface area contributed by atoms with Gasteiger partial charge in [0.1, 0.15) is 6.54 Å². The molecule has 6 nitrogen and oxygen atoms in total. The zero-order chi connectivity index (χ0) is 18.3. The summed E-state index contributed by atoms with van der Waals surface area (Å²) in [6.07, 6.45) is 1.86. The smallest absolute Gasteiger partial charge is 0.188 e. The molecule has 0 bridgehead atoms. The normalized spacial score (nSPS) is 14.4. The molecule has 0 unspecified atom stereocenters. The third-order valence-corrected chi connectivity index (χ3v) is 5.41. The number of methoxy groups -OCH3 is 4. The van der Waals surface area contributed by atoms with Crippen LogP contribution >= 0.6 is 0 Å². The summed E-state index contributed by atoms with van der Waals surface area (Å²) in [6, 6.07) is 8.37. The van der Waals surface area contributed by atoms with E-state index in [4.69, 9.17) is 18.9 Å². The molecule has 0 radical (unpaired) electrons. The van der Waals surface area contributed by atoms with E-state index >= 15 is 0 Å². The van der Waals surface area contributed by atoms with E-state index in [1.807, 2.05) is 6.07 Å². The van der Waals surface area contributed by atoms with Crippen molar-refractivity contribution in [2.24, 2.45) is 0 Å². The molecular weight excluding hydrogens is 346 g/mol. The molecule has 0 fully saturated rings. The summed E-state index contributed by atoms with van der Waals surface area (Å²) < 4.78 is 24.6. The fourth-order valence-corrected chi connectivity index (χ4v) is 4.08. The van der Waals surface area contributed by atoms with Crippen LogP contribution in [-0.2, 0) is 19.4 Å². The molecule has 4 rings (SSSR count). The van der Waals surface area contributed by atoms with Gasteiger partial charge in [0.25, 0.3) is 0 Å². The molecule has 2 aromatic carbocycles. The van der Waals surface area contributed by atoms with Gasteiger partial charge in [0, 0.05) is 12.0 Å². The molecule has 2 heterocycles. The fourth-order valence-electron chi connectivity index (χ4n) is 4.08. The highest BCUT2D eigenvalue weighted by atomic mass is 16.5. The Morgan fingerprint density at radius 3 is 2.19 bits per heavy atom. The molecular formula is C21H25NO5. The van der Waals surface area contributed by atoms with Gasteiger partial charge in [-0.3, -0.25) is 0 Å². The minimum Gasteiger partial charge on any atom is -0.870 e. The van der Waals surface area contributed by atoms with Gasteiger partial charge in [0.05, 0.1) is 40.4 Å². The van der Waals surface area contributed by atoms with Crippen molar-refractivity contribution in [3.05, 3.63) is 46.5 Å². The molecule has 2 aliphatic rings. The summed E-state index contributed by atoms with van der Waals surface area (Å²) in [5.74, 6) is 3.21. The van der Waals surface area contributed by atoms with Gasteiger partial charge >= 0.3 is 0 Å². The maximum atomic E-state index is 5.65. The van der Waals surface area contributed by atoms with Crippen LogP contribution < -0.4 is 18.9 Å². The number of benzene rings is 2. The van der Waals surface area contributed by atoms with Crippen LogP contribution in [0.2, 0.25) is 0 Å². The van der Waals surface area contributed by atoms with Crippen LogP contribution in [-0.4, -0.2) is 50.7 Å². The number of hydrogen-bond acceptors (Lipinski definition) is 5. The molecule has 2 aliphatic heterocycles. The lowest BCUT2D eigenvalue weighted by molar-refractivity contribution is -0.547. The summed E-state index contributed by atoms with van der Waals surface area (Å²) in [5.41, 5.74) is 6.43. The van der Waals surface area contributed by atoms with Crippen LogP contribution in [0.15, 0.2) is 24.3 Å². The van der Waals surface area contributed by atoms with E-state index in [1.165, 1.54) is 28.0 Å². The summed E-state index contributed by atoms with van der Waals surface area (Å²) in [6.45, 7) is 1.82. The number of ether oxygens (including phenoxy) is 4. The van der Waals surface area contributed by atoms with Crippen molar-refractivity contribution in [3.8, 4) is 23.0 Å². The van der Waals surface area contributed by atoms with E-state index in [1.54, 1.807) is 28.4 Å². The van der Waals surface area contributed by atoms with Gasteiger partial charge < -0.3 is 24.4 Å². The second kappa shape index (κ2) is 7.48. The standard InChI is InChI=1S/C21H24NO4.H2O/c1-23-18-6-5-13-9-17-15-11-20(25-3)19(24-2)10-14(15)7-8-22(17)12-16(13)21(18)26-4;/h5-6,10-11H,7-9,12H2,1-4H3;1H2/q+1;/p-1. The quantitative estimate of drug-likeness (QED) is 0.773. The lowest BCUT2D eigenvalue weighted by Gasteiger charge is -2.26. The Morgan fingerprint density at radius 2 is 1.52 bits per heavy atom. The SMILES string of the molecule is COc1cc2c(cc1OC)C1=[N+](CC2)Cc2c(ccc(OC)c2OC)C1.[OH-]. The zero-order valence-corrected chi connectivity index (χ0v) is 16.2. The number of fused-ring (bicyclic) bond motifs is 3. The zero-order valence-electron chi connectivity index (χ0n) is 16.2. The highest BCUT2D eigenvalue weighted by molar-refractivity contribution is 6.01. The van der Waals surface area contributed by atoms with E-state index in [9.17, 15) is 0 Å². The van der Waals surface area contributed by atoms with Crippen molar-refractivity contribution >= 4 is 5.71 Å². The molecule has 0 saturated heterocycles. The number of nitrogens with zero attached hydrogens (tertiary/aromatic N) is 1. The molecule has 2 aromatic rings. The van der Waals surface area contributed by atoms with Gasteiger partial charge in [-0.05, 0) is 29.3 Å². The molecule has 0 spiro atoms. The maximum absolute atomic E-state index is 5.65. The van der Waals surface area contributed by atoms with Gasteiger partial charge in [0.15, 0.2) is 35.3 Å². The average Bonchev–Trinajstić information content (AvgIpc) is 2.70. The minimum atomic E-state index is 0. The molecule has 0 aliphatic carbocycles. The fraction of sp³-hybridized carbons (Fsp3) is 0.381. The van der Waals surface area contributed by atoms with Crippen molar-refractivity contribution in [1.29, 1.82) is 0 Å². The first kappa shape index (κ1) is 19.0. The highest BCUT2D eigenvalue weighted by Gasteiger charge is 2.34. The highest BCUT2D eigenvalue weighted by Crippen LogP contribution is 2.39. The van der Waals surface area contributed by atoms with Crippen molar-refractivity contribution < 1.29 is 29.0 Å². The first-order valence-corrected chi connectivity index (χ1v) is 8.79. The van der Waals surface area contributed by atoms with Crippen LogP contribution in [0.1, 0.15) is 22.3 Å². The summed E-state index contributed by atoms with van der Waals surface area (Å²) in [4.78, 5) is 0. The number of rotatable bonds is 4. The van der Waals surface area contributed by atoms with E-state index in [2.05, 4.69) is 22.8 Å². The van der Waals surface area contributed by atoms with Gasteiger partial charge in [0.2, 0.25) is 0 Å². The van der Waals surface area contributed by atoms with Crippen LogP contribution in [0.25, 0.3) is 0 Å². The Kier molecular flexibility index (Phi) is 5.28. The Morgan fingerprint density at radius 1 is 0.815 bits per heavy atom. The van der Waals surface area contributed by atoms with Gasteiger partial charge in [-0.2, -0.15) is 0 Å². The third kappa shape index (κ3) is 3.00. The topological polar surface area (TPSA) is 69.9 Å². The molecule has 0 atom stereocenters. The summed E-state index contributed by atoms with van der Waals surface area (Å²) in [7, 11) is 6.76. The van der Waals surface area contributed by atoms with Crippen molar-refractivity contribution in [3.63, 3.8) is 0 Å². The number of hydrogen-bond donors (Lipinski definition) is 0. The van der Waals surface area contributed by atoms with Crippen molar-refractivity contribution in [1.82, 2.24) is 0 Å². The molecule has 0 saturated carbocycles. The van der Waals surface area contributed by atoms with Crippen LogP contribution in [0.5, 0.6) is 23.0 Å². The van der Waals surface area contributed by atoms with Gasteiger partial charge in [-0.15, -0.1) is 0 Å². The van der Waals surface area contributed by atoms with Crippen LogP contribution in [0.3, 0.4) is 0 Å². The summed E-state index contributed by atoms with van der Waals surface area (Å²) in [5, 5.41) is 0. The van der Waals surface area contributed by atoms with Crippen molar-refractivity contribution in [2.45, 2.75) is 19.4 Å². The average molecular weight is 371 g/mol. The van der Waals surface area contributed by atoms with E-state index in [0.29, 0.717) is 0 Å². The largest absolute Gasteiger partial charge is 0.870 e. The van der Waals surface area contributed by atoms with E-state index in [-0.39, 0.29) is 5.48 Å². The predicted molar refractivity (Wildman–Crippen MR) is 101 cm³/mol. The summed E-state index contributed by atoms with van der Waals surface area (Å²) >= 11 is 0. The predicted octanol–water partition coefficient (Wildman–Crippen LogP) is 2.66. The molecule has 27 heavy (non-hydrogen) atoms. The first-order chi connectivity index (χ1) is 12.7. The Balaban J connectivity index is 0.00000210. The van der Waals surface area contributed by atoms with Crippen LogP contribution in [0, 0.1) is 0 Å². The Bertz CT molecular complexity index is 904. The van der Waals surface area contributed by atoms with Crippen LogP contribution in [0.4, 0.5) is 0 Å². The van der Waals surface area contributed by atoms with E-state index in [0.717, 1.165) is 48.9 Å². The van der Waals surface area contributed by atoms with Crippen molar-refractivity contribution in [2.75, 3.05) is 35.0 Å². The molecule has 0 amide bonds. The lowest BCUT2D eigenvalue weighted by atomic mass is 9.87. The Hall–Kier alpha value is -2.73. The molecule has 6 heteroatoms. The van der Waals surface area contributed by atoms with Gasteiger partial charge in [-0.25, -0.2) is 4.58 Å². The van der Waals surface area contributed by atoms with E-state index < -0.39 is 0 Å². The second-order valence-corrected chi connectivity index (χ2v) is 6.60. The molecule has 0 aromatic heterocycles. The first-order valence-electron chi connectivity index (χ1n) is 8.79. The molecule has 144 valence electrons. The van der Waals surface area contributed by atoms with Gasteiger partial charge in [-0.1, -0.05) is 6.07 Å².